The van der Waals surface area contributed by atoms with Gasteiger partial charge in [-0.15, -0.1) is 0 Å². The number of carbonyl (C=O) groups is 1. The molecule has 0 saturated heterocycles. The second kappa shape index (κ2) is 8.34. The molecule has 0 unspecified atom stereocenters. The minimum atomic E-state index is -0.192. The van der Waals surface area contributed by atoms with Gasteiger partial charge in [0.05, 0.1) is 6.54 Å². The largest absolute Gasteiger partial charge is 0.334 e. The van der Waals surface area contributed by atoms with E-state index < -0.39 is 0 Å². The standard InChI is InChI=1S/C21H24N4O/c1-3-17-11-6-8-16(2)20(17)24-21(26)22-14-18-9-4-5-10-19(18)15-25-13-7-12-23-25/h4-13H,3,14-15H2,1-2H3,(H2,22,24,26). The summed E-state index contributed by atoms with van der Waals surface area (Å²) in [7, 11) is 0. The average molecular weight is 348 g/mol. The monoisotopic (exact) mass is 348 g/mol. The zero-order chi connectivity index (χ0) is 18.4. The molecule has 1 heterocycles. The summed E-state index contributed by atoms with van der Waals surface area (Å²) in [5, 5.41) is 10.2. The highest BCUT2D eigenvalue weighted by Crippen LogP contribution is 2.21. The number of nitrogens with one attached hydrogen (secondary N) is 2. The zero-order valence-electron chi connectivity index (χ0n) is 15.2. The average Bonchev–Trinajstić information content (AvgIpc) is 3.16. The van der Waals surface area contributed by atoms with Crippen molar-refractivity contribution in [2.45, 2.75) is 33.4 Å². The van der Waals surface area contributed by atoms with Crippen LogP contribution in [0.4, 0.5) is 10.5 Å². The van der Waals surface area contributed by atoms with E-state index in [1.54, 1.807) is 6.20 Å². The summed E-state index contributed by atoms with van der Waals surface area (Å²) >= 11 is 0. The molecule has 0 atom stereocenters. The number of para-hydroxylation sites is 1. The number of aryl methyl sites for hydroxylation is 2. The molecule has 0 radical (unpaired) electrons. The summed E-state index contributed by atoms with van der Waals surface area (Å²) in [4.78, 5) is 12.4. The summed E-state index contributed by atoms with van der Waals surface area (Å²) in [6.07, 6.45) is 4.58. The van der Waals surface area contributed by atoms with Gasteiger partial charge in [-0.3, -0.25) is 4.68 Å². The van der Waals surface area contributed by atoms with Crippen LogP contribution in [0.15, 0.2) is 60.9 Å². The Kier molecular flexibility index (Phi) is 5.69. The molecule has 2 aromatic carbocycles. The predicted octanol–water partition coefficient (Wildman–Crippen LogP) is 4.12. The Balaban J connectivity index is 1.65. The van der Waals surface area contributed by atoms with E-state index >= 15 is 0 Å². The molecule has 0 bridgehead atoms. The van der Waals surface area contributed by atoms with Crippen molar-refractivity contribution in [1.29, 1.82) is 0 Å². The molecule has 3 aromatic rings. The molecule has 5 heteroatoms. The number of benzene rings is 2. The Hall–Kier alpha value is -3.08. The molecule has 0 aliphatic heterocycles. The number of nitrogens with zero attached hydrogens (tertiary/aromatic N) is 2. The van der Waals surface area contributed by atoms with Crippen molar-refractivity contribution in [3.05, 3.63) is 83.2 Å². The number of rotatable bonds is 6. The van der Waals surface area contributed by atoms with Gasteiger partial charge < -0.3 is 10.6 Å². The number of hydrogen-bond donors (Lipinski definition) is 2. The number of carbonyl (C=O) groups excluding carboxylic acids is 1. The third kappa shape index (κ3) is 4.30. The van der Waals surface area contributed by atoms with Crippen LogP contribution < -0.4 is 10.6 Å². The van der Waals surface area contributed by atoms with E-state index in [-0.39, 0.29) is 6.03 Å². The van der Waals surface area contributed by atoms with Crippen molar-refractivity contribution in [2.75, 3.05) is 5.32 Å². The van der Waals surface area contributed by atoms with Crippen LogP contribution in [0.25, 0.3) is 0 Å². The highest BCUT2D eigenvalue weighted by Gasteiger charge is 2.09. The first-order chi connectivity index (χ1) is 12.7. The highest BCUT2D eigenvalue weighted by atomic mass is 16.2. The molecular formula is C21H24N4O. The Morgan fingerprint density at radius 2 is 1.81 bits per heavy atom. The van der Waals surface area contributed by atoms with Crippen LogP contribution in [0.5, 0.6) is 0 Å². The summed E-state index contributed by atoms with van der Waals surface area (Å²) in [6, 6.07) is 15.9. The summed E-state index contributed by atoms with van der Waals surface area (Å²) < 4.78 is 1.87. The second-order valence-electron chi connectivity index (χ2n) is 6.24. The van der Waals surface area contributed by atoms with Crippen molar-refractivity contribution >= 4 is 11.7 Å². The minimum Gasteiger partial charge on any atom is -0.334 e. The molecule has 0 fully saturated rings. The van der Waals surface area contributed by atoms with E-state index in [4.69, 9.17) is 0 Å². The molecular weight excluding hydrogens is 324 g/mol. The van der Waals surface area contributed by atoms with Crippen molar-refractivity contribution in [2.24, 2.45) is 0 Å². The van der Waals surface area contributed by atoms with Crippen LogP contribution >= 0.6 is 0 Å². The fraction of sp³-hybridized carbons (Fsp3) is 0.238. The molecule has 0 aliphatic carbocycles. The summed E-state index contributed by atoms with van der Waals surface area (Å²) in [5.41, 5.74) is 5.33. The van der Waals surface area contributed by atoms with E-state index in [1.165, 1.54) is 0 Å². The third-order valence-corrected chi connectivity index (χ3v) is 4.43. The molecule has 26 heavy (non-hydrogen) atoms. The number of urea groups is 1. The van der Waals surface area contributed by atoms with Gasteiger partial charge in [0.1, 0.15) is 0 Å². The van der Waals surface area contributed by atoms with Crippen LogP contribution in [0, 0.1) is 6.92 Å². The fourth-order valence-electron chi connectivity index (χ4n) is 2.99. The van der Waals surface area contributed by atoms with Gasteiger partial charge >= 0.3 is 6.03 Å². The van der Waals surface area contributed by atoms with Crippen molar-refractivity contribution in [3.8, 4) is 0 Å². The van der Waals surface area contributed by atoms with Crippen LogP contribution in [0.2, 0.25) is 0 Å². The van der Waals surface area contributed by atoms with Crippen molar-refractivity contribution in [3.63, 3.8) is 0 Å². The quantitative estimate of drug-likeness (QED) is 0.704. The van der Waals surface area contributed by atoms with Gasteiger partial charge in [0, 0.05) is 24.6 Å². The normalized spacial score (nSPS) is 10.5. The Morgan fingerprint density at radius 3 is 2.54 bits per heavy atom. The van der Waals surface area contributed by atoms with E-state index in [1.807, 2.05) is 60.3 Å². The van der Waals surface area contributed by atoms with Crippen LogP contribution in [0.1, 0.15) is 29.2 Å². The molecule has 0 spiro atoms. The summed E-state index contributed by atoms with van der Waals surface area (Å²) in [5.74, 6) is 0. The molecule has 134 valence electrons. The molecule has 3 rings (SSSR count). The van der Waals surface area contributed by atoms with E-state index in [9.17, 15) is 4.79 Å². The predicted molar refractivity (Wildman–Crippen MR) is 104 cm³/mol. The van der Waals surface area contributed by atoms with Crippen LogP contribution in [-0.4, -0.2) is 15.8 Å². The van der Waals surface area contributed by atoms with Gasteiger partial charge in [-0.05, 0) is 41.7 Å². The summed E-state index contributed by atoms with van der Waals surface area (Å²) in [6.45, 7) is 5.25. The van der Waals surface area contributed by atoms with E-state index in [2.05, 4.69) is 28.7 Å². The number of anilines is 1. The topological polar surface area (TPSA) is 59.0 Å². The number of amides is 2. The molecule has 0 aliphatic rings. The van der Waals surface area contributed by atoms with Gasteiger partial charge in [-0.25, -0.2) is 4.79 Å². The van der Waals surface area contributed by atoms with E-state index in [0.717, 1.165) is 34.4 Å². The van der Waals surface area contributed by atoms with E-state index in [0.29, 0.717) is 13.1 Å². The second-order valence-corrected chi connectivity index (χ2v) is 6.24. The maximum atomic E-state index is 12.4. The molecule has 2 N–H and O–H groups in total. The van der Waals surface area contributed by atoms with Gasteiger partial charge in [-0.2, -0.15) is 5.10 Å². The fourth-order valence-corrected chi connectivity index (χ4v) is 2.99. The minimum absolute atomic E-state index is 0.192. The number of aromatic nitrogens is 2. The Bertz CT molecular complexity index is 871. The maximum absolute atomic E-state index is 12.4. The van der Waals surface area contributed by atoms with Crippen LogP contribution in [-0.2, 0) is 19.5 Å². The molecule has 5 nitrogen and oxygen atoms in total. The Morgan fingerprint density at radius 1 is 1.04 bits per heavy atom. The molecule has 0 saturated carbocycles. The van der Waals surface area contributed by atoms with Crippen molar-refractivity contribution < 1.29 is 4.79 Å². The highest BCUT2D eigenvalue weighted by molar-refractivity contribution is 5.91. The van der Waals surface area contributed by atoms with Crippen LogP contribution in [0.3, 0.4) is 0 Å². The van der Waals surface area contributed by atoms with Crippen molar-refractivity contribution in [1.82, 2.24) is 15.1 Å². The first kappa shape index (κ1) is 17.7. The lowest BCUT2D eigenvalue weighted by atomic mass is 10.1. The first-order valence-electron chi connectivity index (χ1n) is 8.85. The third-order valence-electron chi connectivity index (χ3n) is 4.43. The SMILES string of the molecule is CCc1cccc(C)c1NC(=O)NCc1ccccc1Cn1cccn1. The smallest absolute Gasteiger partial charge is 0.319 e. The van der Waals surface area contributed by atoms with Gasteiger partial charge in [0.25, 0.3) is 0 Å². The zero-order valence-corrected chi connectivity index (χ0v) is 15.2. The lowest BCUT2D eigenvalue weighted by Crippen LogP contribution is -2.29. The number of hydrogen-bond acceptors (Lipinski definition) is 2. The molecule has 2 amide bonds. The maximum Gasteiger partial charge on any atom is 0.319 e. The Labute approximate surface area is 154 Å². The van der Waals surface area contributed by atoms with Gasteiger partial charge in [0.2, 0.25) is 0 Å². The van der Waals surface area contributed by atoms with Gasteiger partial charge in [0.15, 0.2) is 0 Å². The lowest BCUT2D eigenvalue weighted by molar-refractivity contribution is 0.251. The lowest BCUT2D eigenvalue weighted by Gasteiger charge is -2.15. The van der Waals surface area contributed by atoms with Gasteiger partial charge in [-0.1, -0.05) is 49.4 Å². The first-order valence-corrected chi connectivity index (χ1v) is 8.85. The molecule has 1 aromatic heterocycles.